The molecule has 1 saturated heterocycles. The summed E-state index contributed by atoms with van der Waals surface area (Å²) in [4.78, 5) is 15.6. The van der Waals surface area contributed by atoms with Crippen molar-refractivity contribution >= 4 is 45.5 Å². The van der Waals surface area contributed by atoms with Gasteiger partial charge in [-0.2, -0.15) is 0 Å². The number of para-hydroxylation sites is 1. The number of furan rings is 1. The van der Waals surface area contributed by atoms with Gasteiger partial charge in [0.1, 0.15) is 11.4 Å². The Labute approximate surface area is 202 Å². The van der Waals surface area contributed by atoms with Crippen molar-refractivity contribution in [3.05, 3.63) is 83.9 Å². The van der Waals surface area contributed by atoms with Crippen LogP contribution in [-0.2, 0) is 0 Å². The molecule has 34 heavy (non-hydrogen) atoms. The van der Waals surface area contributed by atoms with Crippen LogP contribution in [-0.4, -0.2) is 24.0 Å². The van der Waals surface area contributed by atoms with E-state index in [1.165, 1.54) is 12.5 Å². The monoisotopic (exact) mass is 473 g/mol. The number of ketones is 1. The quantitative estimate of drug-likeness (QED) is 0.269. The molecule has 5 rings (SSSR count). The van der Waals surface area contributed by atoms with Crippen LogP contribution in [0.3, 0.4) is 0 Å². The van der Waals surface area contributed by atoms with E-state index < -0.39 is 0 Å². The van der Waals surface area contributed by atoms with E-state index in [9.17, 15) is 4.79 Å². The lowest BCUT2D eigenvalue weighted by molar-refractivity contribution is 0.101. The van der Waals surface area contributed by atoms with Gasteiger partial charge in [-0.15, -0.1) is 0 Å². The van der Waals surface area contributed by atoms with Gasteiger partial charge in [0, 0.05) is 29.7 Å². The molecule has 7 heteroatoms. The van der Waals surface area contributed by atoms with Gasteiger partial charge in [0.05, 0.1) is 5.69 Å². The second-order valence-electron chi connectivity index (χ2n) is 8.44. The van der Waals surface area contributed by atoms with Gasteiger partial charge in [0.25, 0.3) is 0 Å². The van der Waals surface area contributed by atoms with Gasteiger partial charge >= 0.3 is 0 Å². The lowest BCUT2D eigenvalue weighted by atomic mass is 9.94. The molecule has 0 aliphatic carbocycles. The predicted octanol–water partition coefficient (Wildman–Crippen LogP) is 6.12. The molecule has 0 bridgehead atoms. The smallest absolute Gasteiger partial charge is 0.228 e. The molecule has 0 amide bonds. The summed E-state index contributed by atoms with van der Waals surface area (Å²) in [5.41, 5.74) is 9.04. The molecule has 1 fully saturated rings. The summed E-state index contributed by atoms with van der Waals surface area (Å²) in [6.07, 6.45) is 3.29. The number of carbonyl (C=O) groups is 1. The fourth-order valence-corrected chi connectivity index (χ4v) is 4.61. The summed E-state index contributed by atoms with van der Waals surface area (Å²) < 4.78 is 21.0. The van der Waals surface area contributed by atoms with Crippen LogP contribution < -0.4 is 16.0 Å². The van der Waals surface area contributed by atoms with Crippen molar-refractivity contribution in [3.8, 4) is 11.1 Å². The molecule has 1 aliphatic heterocycles. The van der Waals surface area contributed by atoms with E-state index in [0.717, 1.165) is 31.3 Å². The van der Waals surface area contributed by atoms with E-state index in [-0.39, 0.29) is 22.5 Å². The summed E-state index contributed by atoms with van der Waals surface area (Å²) in [5.74, 6) is -0.370. The maximum atomic E-state index is 15.2. The summed E-state index contributed by atoms with van der Waals surface area (Å²) in [6, 6.07) is 19.5. The number of carbonyl (C=O) groups excluding carboxylic acids is 1. The van der Waals surface area contributed by atoms with E-state index in [4.69, 9.17) is 22.4 Å². The fourth-order valence-electron chi connectivity index (χ4n) is 4.49. The summed E-state index contributed by atoms with van der Waals surface area (Å²) in [7, 11) is 0. The van der Waals surface area contributed by atoms with Crippen molar-refractivity contribution in [2.75, 3.05) is 23.3 Å². The van der Waals surface area contributed by atoms with Gasteiger partial charge in [-0.25, -0.2) is 4.39 Å². The Hall–Kier alpha value is -3.71. The number of fused-ring (bicyclic) bond motifs is 1. The Kier molecular flexibility index (Phi) is 6.02. The summed E-state index contributed by atoms with van der Waals surface area (Å²) in [5, 5.41) is 3.84. The van der Waals surface area contributed by atoms with Crippen LogP contribution in [0.25, 0.3) is 22.1 Å². The van der Waals surface area contributed by atoms with Crippen molar-refractivity contribution < 1.29 is 13.6 Å². The third-order valence-corrected chi connectivity index (χ3v) is 6.24. The number of halogens is 1. The van der Waals surface area contributed by atoms with E-state index in [1.54, 1.807) is 30.3 Å². The lowest BCUT2D eigenvalue weighted by Gasteiger charge is -2.29. The zero-order valence-corrected chi connectivity index (χ0v) is 19.3. The number of anilines is 2. The van der Waals surface area contributed by atoms with Crippen molar-refractivity contribution in [1.82, 2.24) is 0 Å². The molecule has 3 N–H and O–H groups in total. The first-order valence-electron chi connectivity index (χ1n) is 11.3. The number of nitrogens with two attached hydrogens (primary N) is 1. The molecule has 0 radical (unpaired) electrons. The Balaban J connectivity index is 1.57. The third kappa shape index (κ3) is 4.39. The predicted molar refractivity (Wildman–Crippen MR) is 138 cm³/mol. The third-order valence-electron chi connectivity index (χ3n) is 6.14. The molecule has 4 aromatic rings. The molecule has 3 aromatic carbocycles. The van der Waals surface area contributed by atoms with Crippen molar-refractivity contribution in [3.63, 3.8) is 0 Å². The van der Waals surface area contributed by atoms with Crippen molar-refractivity contribution in [1.29, 1.82) is 0 Å². The van der Waals surface area contributed by atoms with E-state index in [2.05, 4.69) is 10.2 Å². The van der Waals surface area contributed by atoms with Gasteiger partial charge in [0.15, 0.2) is 10.9 Å². The van der Waals surface area contributed by atoms with E-state index >= 15 is 4.39 Å². The standard InChI is InChI=1S/C27H24FN3O2S/c28-22-14-17(8-11-23(22)31-12-4-1-5-13-31)21-16-19(30-27(29)34)9-10-20(21)26(32)25-15-18-6-2-3-7-24(18)33-25/h2-3,6-11,14-16H,1,4-5,12-13H2,(H3,29,30,34). The van der Waals surface area contributed by atoms with Crippen LogP contribution in [0.2, 0.25) is 0 Å². The highest BCUT2D eigenvalue weighted by Crippen LogP contribution is 2.33. The lowest BCUT2D eigenvalue weighted by Crippen LogP contribution is -2.30. The minimum Gasteiger partial charge on any atom is -0.453 e. The molecule has 1 aliphatic rings. The SMILES string of the molecule is NC(=S)Nc1ccc(C(=O)c2cc3ccccc3o2)c(-c2ccc(N3CCCCC3)c(F)c2)c1. The zero-order valence-electron chi connectivity index (χ0n) is 18.5. The van der Waals surface area contributed by atoms with Crippen LogP contribution in [0.1, 0.15) is 35.4 Å². The van der Waals surface area contributed by atoms with E-state index in [1.807, 2.05) is 30.3 Å². The molecule has 172 valence electrons. The Bertz CT molecular complexity index is 1360. The molecule has 0 saturated carbocycles. The topological polar surface area (TPSA) is 71.5 Å². The average molecular weight is 474 g/mol. The second-order valence-corrected chi connectivity index (χ2v) is 8.88. The number of piperidine rings is 1. The van der Waals surface area contributed by atoms with Gasteiger partial charge in [-0.05, 0) is 85.1 Å². The molecular weight excluding hydrogens is 449 g/mol. The molecule has 2 heterocycles. The number of rotatable bonds is 5. The molecule has 0 atom stereocenters. The van der Waals surface area contributed by atoms with Gasteiger partial charge in [-0.3, -0.25) is 4.79 Å². The average Bonchev–Trinajstić information content (AvgIpc) is 3.28. The van der Waals surface area contributed by atoms with Crippen LogP contribution in [0.4, 0.5) is 15.8 Å². The van der Waals surface area contributed by atoms with Crippen LogP contribution in [0, 0.1) is 5.82 Å². The number of hydrogen-bond acceptors (Lipinski definition) is 4. The normalized spacial score (nSPS) is 13.7. The minimum absolute atomic E-state index is 0.105. The molecule has 0 spiro atoms. The Morgan fingerprint density at radius 3 is 2.53 bits per heavy atom. The van der Waals surface area contributed by atoms with Crippen LogP contribution >= 0.6 is 12.2 Å². The van der Waals surface area contributed by atoms with Gasteiger partial charge in [-0.1, -0.05) is 24.3 Å². The van der Waals surface area contributed by atoms with Crippen LogP contribution in [0.5, 0.6) is 0 Å². The highest BCUT2D eigenvalue weighted by Gasteiger charge is 2.21. The number of nitrogens with one attached hydrogen (secondary N) is 1. The number of hydrogen-bond donors (Lipinski definition) is 2. The highest BCUT2D eigenvalue weighted by molar-refractivity contribution is 7.80. The zero-order chi connectivity index (χ0) is 23.7. The summed E-state index contributed by atoms with van der Waals surface area (Å²) >= 11 is 4.96. The molecule has 0 unspecified atom stereocenters. The maximum absolute atomic E-state index is 15.2. The number of nitrogens with zero attached hydrogens (tertiary/aromatic N) is 1. The highest BCUT2D eigenvalue weighted by atomic mass is 32.1. The molecule has 1 aromatic heterocycles. The van der Waals surface area contributed by atoms with E-state index in [0.29, 0.717) is 33.6 Å². The maximum Gasteiger partial charge on any atom is 0.228 e. The first kappa shape index (κ1) is 22.1. The largest absolute Gasteiger partial charge is 0.453 e. The first-order valence-corrected chi connectivity index (χ1v) is 11.7. The Morgan fingerprint density at radius 2 is 1.79 bits per heavy atom. The summed E-state index contributed by atoms with van der Waals surface area (Å²) in [6.45, 7) is 1.69. The van der Waals surface area contributed by atoms with Crippen molar-refractivity contribution in [2.45, 2.75) is 19.3 Å². The Morgan fingerprint density at radius 1 is 1.00 bits per heavy atom. The number of benzene rings is 3. The molecule has 5 nitrogen and oxygen atoms in total. The fraction of sp³-hybridized carbons (Fsp3) is 0.185. The molecular formula is C27H24FN3O2S. The van der Waals surface area contributed by atoms with Gasteiger partial charge < -0.3 is 20.4 Å². The van der Waals surface area contributed by atoms with Gasteiger partial charge in [0.2, 0.25) is 5.78 Å². The first-order chi connectivity index (χ1) is 16.5. The van der Waals surface area contributed by atoms with Crippen LogP contribution in [0.15, 0.2) is 71.1 Å². The minimum atomic E-state index is -0.311. The van der Waals surface area contributed by atoms with Crippen molar-refractivity contribution in [2.24, 2.45) is 5.73 Å². The second kappa shape index (κ2) is 9.27. The number of thiocarbonyl (C=S) groups is 1.